The fraction of sp³-hybridized carbons (Fsp3) is 0.108. The van der Waals surface area contributed by atoms with E-state index in [-0.39, 0.29) is 61.8 Å². The van der Waals surface area contributed by atoms with Crippen molar-refractivity contribution >= 4 is 68.8 Å². The summed E-state index contributed by atoms with van der Waals surface area (Å²) < 4.78 is 95.8. The Balaban J connectivity index is 0.00000800. The Bertz CT molecular complexity index is 4600. The third-order valence-corrected chi connectivity index (χ3v) is 20.0. The molecule has 0 amide bonds. The molecule has 0 radical (unpaired) electrons. The average Bonchev–Trinajstić information content (AvgIpc) is 1.14. The van der Waals surface area contributed by atoms with Gasteiger partial charge in [0.25, 0.3) is 0 Å². The van der Waals surface area contributed by atoms with E-state index in [0.717, 1.165) is 39.2 Å². The first-order chi connectivity index (χ1) is 43.1. The Morgan fingerprint density at radius 1 is 0.481 bits per heavy atom. The molecular weight excluding hydrogens is 1180 g/mol. The van der Waals surface area contributed by atoms with Gasteiger partial charge in [-0.2, -0.15) is 12.1 Å². The average molecular weight is 1260 g/mol. The molecule has 5 nitrogen and oxygen atoms in total. The predicted octanol–water partition coefficient (Wildman–Crippen LogP) is 16.6. The van der Waals surface area contributed by atoms with Gasteiger partial charge in [-0.05, 0) is 85.8 Å². The first kappa shape index (κ1) is 42.4. The number of pyridine rings is 1. The van der Waals surface area contributed by atoms with Crippen LogP contribution in [0.3, 0.4) is 0 Å². The van der Waals surface area contributed by atoms with Crippen molar-refractivity contribution in [3.63, 3.8) is 0 Å². The van der Waals surface area contributed by atoms with Crippen LogP contribution < -0.4 is 40.2 Å². The Kier molecular flexibility index (Phi) is 11.2. The molecule has 7 heteroatoms. The molecule has 81 heavy (non-hydrogen) atoms. The van der Waals surface area contributed by atoms with Crippen molar-refractivity contribution < 1.29 is 39.5 Å². The van der Waals surface area contributed by atoms with E-state index in [9.17, 15) is 2.74 Å². The zero-order valence-electron chi connectivity index (χ0n) is 55.6. The Hall–Kier alpha value is -8.54. The zero-order valence-corrected chi connectivity index (χ0v) is 48.8. The predicted molar refractivity (Wildman–Crippen MR) is 335 cm³/mol. The summed E-state index contributed by atoms with van der Waals surface area (Å²) in [7, 11) is -3.08. The maximum absolute atomic E-state index is 9.36. The normalized spacial score (nSPS) is 15.2. The summed E-state index contributed by atoms with van der Waals surface area (Å²) in [6, 6.07) is 66.2. The molecule has 0 aliphatic carbocycles. The van der Waals surface area contributed by atoms with Crippen LogP contribution in [-0.2, 0) is 31.9 Å². The standard InChI is InChI=1S/C74H61N4OSi.Pt/c1-73(2,3)56-43-44-75-71(48-56)78-67-39-21-22-40-69(67)80(61-31-15-9-16-32-61,62-33-17-10-18-34-62)70-42-41-60(50-68(70)78)79-59-30-23-29-58(49-59)76-51-77(66-38-20-19-37-65(66)76)72-63(53-27-13-8-14-28-53)35-24-36-64(72)55-45-54(52-25-11-7-12-26-52)46-57(47-55)74(4,5)6;/h7-48,51H,1-6H3;/q-3;/i7D,8D,11D,12D,13D,14D,25D,26D,27D,28D;. The van der Waals surface area contributed by atoms with Crippen LogP contribution in [0.5, 0.6) is 11.5 Å². The van der Waals surface area contributed by atoms with Gasteiger partial charge in [-0.25, -0.2) is 4.98 Å². The minimum Gasteiger partial charge on any atom is -0.509 e. The topological polar surface area (TPSA) is 31.8 Å². The van der Waals surface area contributed by atoms with E-state index >= 15 is 0 Å². The second-order valence-electron chi connectivity index (χ2n) is 22.2. The third kappa shape index (κ3) is 9.71. The van der Waals surface area contributed by atoms with E-state index in [0.29, 0.717) is 50.8 Å². The van der Waals surface area contributed by atoms with Crippen molar-refractivity contribution in [2.45, 2.75) is 52.4 Å². The Labute approximate surface area is 507 Å². The number of para-hydroxylation sites is 4. The Morgan fingerprint density at radius 3 is 1.72 bits per heavy atom. The first-order valence-electron chi connectivity index (χ1n) is 31.8. The number of benzene rings is 10. The van der Waals surface area contributed by atoms with Gasteiger partial charge in [-0.15, -0.1) is 47.9 Å². The van der Waals surface area contributed by atoms with Gasteiger partial charge in [0.05, 0.1) is 13.7 Å². The van der Waals surface area contributed by atoms with Crippen LogP contribution in [-0.4, -0.2) is 13.1 Å². The van der Waals surface area contributed by atoms with E-state index in [1.807, 2.05) is 110 Å². The van der Waals surface area contributed by atoms with Gasteiger partial charge in [0.2, 0.25) is 0 Å². The summed E-state index contributed by atoms with van der Waals surface area (Å²) in [5, 5.41) is 4.78. The van der Waals surface area contributed by atoms with Crippen molar-refractivity contribution in [2.24, 2.45) is 0 Å². The van der Waals surface area contributed by atoms with Crippen molar-refractivity contribution in [3.05, 3.63) is 285 Å². The van der Waals surface area contributed by atoms with Gasteiger partial charge in [0.1, 0.15) is 13.9 Å². The van der Waals surface area contributed by atoms with Gasteiger partial charge in [0.15, 0.2) is 0 Å². The largest absolute Gasteiger partial charge is 0.509 e. The molecule has 2 aliphatic heterocycles. The van der Waals surface area contributed by atoms with Crippen LogP contribution in [0.15, 0.2) is 255 Å². The van der Waals surface area contributed by atoms with Crippen LogP contribution in [0.25, 0.3) is 33.4 Å². The summed E-state index contributed by atoms with van der Waals surface area (Å²) in [4.78, 5) is 11.2. The van der Waals surface area contributed by atoms with Crippen LogP contribution in [0.4, 0.5) is 39.9 Å². The van der Waals surface area contributed by atoms with Crippen LogP contribution in [0, 0.1) is 18.8 Å². The zero-order chi connectivity index (χ0) is 63.3. The molecule has 0 saturated heterocycles. The second-order valence-corrected chi connectivity index (χ2v) is 25.9. The van der Waals surface area contributed by atoms with Crippen LogP contribution >= 0.6 is 0 Å². The smallest absolute Gasteiger partial charge is 0.135 e. The van der Waals surface area contributed by atoms with Gasteiger partial charge >= 0.3 is 0 Å². The fourth-order valence-corrected chi connectivity index (χ4v) is 16.3. The summed E-state index contributed by atoms with van der Waals surface area (Å²) in [5.41, 5.74) is 7.45. The number of nitrogens with zero attached hydrogens (tertiary/aromatic N) is 4. The Morgan fingerprint density at radius 2 is 1.05 bits per heavy atom. The minimum absolute atomic E-state index is 0. The minimum atomic E-state index is -3.08. The quantitative estimate of drug-likeness (QED) is 0.101. The van der Waals surface area contributed by atoms with Gasteiger partial charge < -0.3 is 19.4 Å². The number of hydrogen-bond donors (Lipinski definition) is 0. The van der Waals surface area contributed by atoms with E-state index in [4.69, 9.17) is 20.7 Å². The van der Waals surface area contributed by atoms with Crippen LogP contribution in [0.1, 0.15) is 66.4 Å². The monoisotopic (exact) mass is 1250 g/mol. The summed E-state index contributed by atoms with van der Waals surface area (Å²) >= 11 is 0. The molecule has 11 aromatic rings. The summed E-state index contributed by atoms with van der Waals surface area (Å²) in [6.07, 6.45) is 1.88. The maximum Gasteiger partial charge on any atom is 0.135 e. The van der Waals surface area contributed by atoms with E-state index < -0.39 is 49.7 Å². The molecular formula is C74H61N4OPtSi-3. The molecule has 400 valence electrons. The molecule has 0 saturated carbocycles. The van der Waals surface area contributed by atoms with Crippen molar-refractivity contribution in [3.8, 4) is 44.9 Å². The number of rotatable bonds is 10. The number of hydrogen-bond acceptors (Lipinski definition) is 5. The molecule has 0 atom stereocenters. The van der Waals surface area contributed by atoms with E-state index in [1.54, 1.807) is 18.2 Å². The molecule has 0 unspecified atom stereocenters. The molecule has 0 bridgehead atoms. The van der Waals surface area contributed by atoms with Crippen molar-refractivity contribution in [1.82, 2.24) is 4.98 Å². The van der Waals surface area contributed by atoms with Crippen molar-refractivity contribution in [1.29, 1.82) is 0 Å². The fourth-order valence-electron chi connectivity index (χ4n) is 11.3. The SMILES string of the molecule is [2H]c1c([2H])c([2H])c(-c2cc(-c3cccc(-c4c([2H])c([2H])c([2H])c([2H])c4[2H])c3N3[CH-]N(c4[c-]c(Oc5[c-]c6c(cc5)[Si](c5ccccc5)(c5ccccc5)c5ccccc5N6c5cc(C(C)(C)C)ccn5)ccc4)c4ccccc43)cc(C(C)(C)C)c2)c([2H])c1[2H].[Pt]. The summed E-state index contributed by atoms with van der Waals surface area (Å²) in [6.45, 7) is 14.6. The molecule has 0 N–H and O–H groups in total. The number of aromatic nitrogens is 1. The number of anilines is 7. The van der Waals surface area contributed by atoms with Gasteiger partial charge in [-0.3, -0.25) is 0 Å². The molecule has 3 heterocycles. The number of ether oxygens (including phenoxy) is 1. The first-order valence-corrected chi connectivity index (χ1v) is 28.8. The molecule has 2 aliphatic rings. The van der Waals surface area contributed by atoms with E-state index in [1.165, 1.54) is 15.6 Å². The number of fused-ring (bicyclic) bond motifs is 3. The molecule has 0 fully saturated rings. The van der Waals surface area contributed by atoms with E-state index in [2.05, 4.69) is 141 Å². The molecule has 13 rings (SSSR count). The van der Waals surface area contributed by atoms with Gasteiger partial charge in [-0.1, -0.05) is 239 Å². The maximum atomic E-state index is 9.36. The molecule has 10 aromatic carbocycles. The second kappa shape index (κ2) is 21.5. The summed E-state index contributed by atoms with van der Waals surface area (Å²) in [5.74, 6) is 1.60. The molecule has 1 aromatic heterocycles. The van der Waals surface area contributed by atoms with Crippen molar-refractivity contribution in [2.75, 3.05) is 14.7 Å². The molecule has 0 spiro atoms. The third-order valence-electron chi connectivity index (χ3n) is 15.1. The van der Waals surface area contributed by atoms with Crippen LogP contribution in [0.2, 0.25) is 0 Å². The van der Waals surface area contributed by atoms with Gasteiger partial charge in [0, 0.05) is 72.6 Å².